The molecule has 0 aliphatic carbocycles. The van der Waals surface area contributed by atoms with Gasteiger partial charge in [0.15, 0.2) is 0 Å². The fraction of sp³-hybridized carbons (Fsp3) is 0.409. The van der Waals surface area contributed by atoms with Crippen molar-refractivity contribution in [3.05, 3.63) is 54.1 Å². The molecule has 2 N–H and O–H groups in total. The molecule has 3 rings (SSSR count). The molecule has 0 aromatic heterocycles. The minimum Gasteiger partial charge on any atom is -0.377 e. The zero-order valence-electron chi connectivity index (χ0n) is 16.0. The van der Waals surface area contributed by atoms with Gasteiger partial charge in [0.25, 0.3) is 0 Å². The molecule has 1 amide bonds. The van der Waals surface area contributed by atoms with E-state index in [0.717, 1.165) is 30.0 Å². The minimum absolute atomic E-state index is 0.0128. The second-order valence-electron chi connectivity index (χ2n) is 7.73. The van der Waals surface area contributed by atoms with E-state index in [1.54, 1.807) is 0 Å². The summed E-state index contributed by atoms with van der Waals surface area (Å²) in [4.78, 5) is 14.7. The molecule has 0 spiro atoms. The first-order valence-corrected chi connectivity index (χ1v) is 9.48. The Kier molecular flexibility index (Phi) is 5.50. The number of fused-ring (bicyclic) bond motifs is 1. The molecule has 0 atom stereocenters. The fourth-order valence-corrected chi connectivity index (χ4v) is 3.47. The van der Waals surface area contributed by atoms with E-state index in [-0.39, 0.29) is 11.4 Å². The van der Waals surface area contributed by atoms with E-state index in [1.807, 2.05) is 24.3 Å². The van der Waals surface area contributed by atoms with Crippen LogP contribution in [0.2, 0.25) is 0 Å². The molecule has 0 bridgehead atoms. The molecule has 1 aliphatic heterocycles. The predicted molar refractivity (Wildman–Crippen MR) is 110 cm³/mol. The number of nitrogens with zero attached hydrogens (tertiary/aromatic N) is 1. The third kappa shape index (κ3) is 4.57. The largest absolute Gasteiger partial charge is 0.377 e. The first-order chi connectivity index (χ1) is 12.5. The molecule has 0 saturated heterocycles. The topological polar surface area (TPSA) is 44.4 Å². The maximum Gasteiger partial charge on any atom is 0.243 e. The second kappa shape index (κ2) is 7.81. The van der Waals surface area contributed by atoms with Crippen LogP contribution in [0.15, 0.2) is 48.5 Å². The van der Waals surface area contributed by atoms with E-state index in [2.05, 4.69) is 60.6 Å². The van der Waals surface area contributed by atoms with Crippen LogP contribution in [0.4, 0.5) is 17.1 Å². The first-order valence-electron chi connectivity index (χ1n) is 9.48. The average Bonchev–Trinajstić information content (AvgIpc) is 2.60. The Labute approximate surface area is 156 Å². The summed E-state index contributed by atoms with van der Waals surface area (Å²) in [6, 6.07) is 16.4. The van der Waals surface area contributed by atoms with Crippen molar-refractivity contribution in [2.45, 2.75) is 45.6 Å². The predicted octanol–water partition coefficient (Wildman–Crippen LogP) is 4.68. The highest BCUT2D eigenvalue weighted by molar-refractivity contribution is 5.95. The Morgan fingerprint density at radius 3 is 2.62 bits per heavy atom. The standard InChI is InChI=1S/C22H29N3O/c1-4-5-8-17-11-13-18(14-12-17)23-21(26)15-25-16-22(2,3)24-19-9-6-7-10-20(19)25/h6-7,9-14,24H,4-5,8,15-16H2,1-3H3,(H,23,26). The smallest absolute Gasteiger partial charge is 0.243 e. The highest BCUT2D eigenvalue weighted by Crippen LogP contribution is 2.33. The summed E-state index contributed by atoms with van der Waals surface area (Å²) in [5, 5.41) is 6.57. The zero-order valence-corrected chi connectivity index (χ0v) is 16.0. The van der Waals surface area contributed by atoms with E-state index in [4.69, 9.17) is 0 Å². The van der Waals surface area contributed by atoms with Gasteiger partial charge in [-0.25, -0.2) is 0 Å². The van der Waals surface area contributed by atoms with E-state index in [1.165, 1.54) is 18.4 Å². The van der Waals surface area contributed by atoms with Gasteiger partial charge < -0.3 is 15.5 Å². The van der Waals surface area contributed by atoms with Crippen molar-refractivity contribution < 1.29 is 4.79 Å². The molecular weight excluding hydrogens is 322 g/mol. The fourth-order valence-electron chi connectivity index (χ4n) is 3.47. The van der Waals surface area contributed by atoms with Crippen LogP contribution >= 0.6 is 0 Å². The third-order valence-corrected chi connectivity index (χ3v) is 4.70. The van der Waals surface area contributed by atoms with Crippen molar-refractivity contribution in [3.63, 3.8) is 0 Å². The van der Waals surface area contributed by atoms with Crippen LogP contribution in [0.1, 0.15) is 39.2 Å². The maximum atomic E-state index is 12.6. The summed E-state index contributed by atoms with van der Waals surface area (Å²) in [6.45, 7) is 7.64. The summed E-state index contributed by atoms with van der Waals surface area (Å²) in [7, 11) is 0. The Morgan fingerprint density at radius 1 is 1.15 bits per heavy atom. The van der Waals surface area contributed by atoms with Gasteiger partial charge in [-0.3, -0.25) is 4.79 Å². The number of unbranched alkanes of at least 4 members (excludes halogenated alkanes) is 1. The van der Waals surface area contributed by atoms with Crippen molar-refractivity contribution in [2.75, 3.05) is 28.6 Å². The van der Waals surface area contributed by atoms with Crippen LogP contribution < -0.4 is 15.5 Å². The Balaban J connectivity index is 1.64. The maximum absolute atomic E-state index is 12.6. The molecule has 0 fully saturated rings. The lowest BCUT2D eigenvalue weighted by atomic mass is 9.99. The van der Waals surface area contributed by atoms with Gasteiger partial charge in [-0.15, -0.1) is 0 Å². The van der Waals surface area contributed by atoms with E-state index in [0.29, 0.717) is 6.54 Å². The number of hydrogen-bond acceptors (Lipinski definition) is 3. The van der Waals surface area contributed by atoms with Gasteiger partial charge >= 0.3 is 0 Å². The number of carbonyl (C=O) groups is 1. The molecule has 138 valence electrons. The Morgan fingerprint density at radius 2 is 1.88 bits per heavy atom. The summed E-state index contributed by atoms with van der Waals surface area (Å²) in [6.07, 6.45) is 3.49. The van der Waals surface area contributed by atoms with E-state index < -0.39 is 0 Å². The number of benzene rings is 2. The quantitative estimate of drug-likeness (QED) is 0.794. The van der Waals surface area contributed by atoms with Crippen LogP contribution in [-0.2, 0) is 11.2 Å². The van der Waals surface area contributed by atoms with E-state index in [9.17, 15) is 4.79 Å². The highest BCUT2D eigenvalue weighted by Gasteiger charge is 2.30. The van der Waals surface area contributed by atoms with Crippen LogP contribution in [0.3, 0.4) is 0 Å². The normalized spacial score (nSPS) is 15.1. The molecule has 2 aromatic rings. The average molecular weight is 351 g/mol. The van der Waals surface area contributed by atoms with Gasteiger partial charge in [0, 0.05) is 17.8 Å². The molecule has 4 nitrogen and oxygen atoms in total. The van der Waals surface area contributed by atoms with Crippen molar-refractivity contribution >= 4 is 23.0 Å². The summed E-state index contributed by atoms with van der Waals surface area (Å²) in [5.74, 6) is 0.0128. The second-order valence-corrected chi connectivity index (χ2v) is 7.73. The van der Waals surface area contributed by atoms with Gasteiger partial charge in [-0.1, -0.05) is 37.6 Å². The Bertz CT molecular complexity index is 752. The van der Waals surface area contributed by atoms with Crippen LogP contribution in [0.25, 0.3) is 0 Å². The molecule has 0 saturated carbocycles. The molecule has 0 unspecified atom stereocenters. The van der Waals surface area contributed by atoms with E-state index >= 15 is 0 Å². The number of carbonyl (C=O) groups excluding carboxylic acids is 1. The van der Waals surface area contributed by atoms with Crippen LogP contribution in [0.5, 0.6) is 0 Å². The lowest BCUT2D eigenvalue weighted by Gasteiger charge is -2.41. The van der Waals surface area contributed by atoms with Crippen molar-refractivity contribution in [3.8, 4) is 0 Å². The SMILES string of the molecule is CCCCc1ccc(NC(=O)CN2CC(C)(C)Nc3ccccc32)cc1. The summed E-state index contributed by atoms with van der Waals surface area (Å²) >= 11 is 0. The lowest BCUT2D eigenvalue weighted by molar-refractivity contribution is -0.115. The van der Waals surface area contributed by atoms with Crippen LogP contribution in [0, 0.1) is 0 Å². The van der Waals surface area contributed by atoms with Gasteiger partial charge in [-0.2, -0.15) is 0 Å². The number of rotatable bonds is 6. The van der Waals surface area contributed by atoms with Gasteiger partial charge in [-0.05, 0) is 56.5 Å². The highest BCUT2D eigenvalue weighted by atomic mass is 16.2. The molecule has 1 heterocycles. The zero-order chi connectivity index (χ0) is 18.6. The Hall–Kier alpha value is -2.49. The number of amides is 1. The monoisotopic (exact) mass is 351 g/mol. The molecule has 4 heteroatoms. The number of anilines is 3. The number of nitrogens with one attached hydrogen (secondary N) is 2. The van der Waals surface area contributed by atoms with Crippen molar-refractivity contribution in [1.29, 1.82) is 0 Å². The minimum atomic E-state index is -0.0738. The van der Waals surface area contributed by atoms with Gasteiger partial charge in [0.1, 0.15) is 0 Å². The third-order valence-electron chi connectivity index (χ3n) is 4.70. The molecule has 26 heavy (non-hydrogen) atoms. The molecule has 1 aliphatic rings. The van der Waals surface area contributed by atoms with Crippen molar-refractivity contribution in [1.82, 2.24) is 0 Å². The summed E-state index contributed by atoms with van der Waals surface area (Å²) < 4.78 is 0. The van der Waals surface area contributed by atoms with Gasteiger partial charge in [0.05, 0.1) is 17.9 Å². The lowest BCUT2D eigenvalue weighted by Crippen LogP contribution is -2.50. The molecular formula is C22H29N3O. The molecule has 2 aromatic carbocycles. The van der Waals surface area contributed by atoms with Crippen LogP contribution in [-0.4, -0.2) is 24.5 Å². The molecule has 0 radical (unpaired) electrons. The number of hydrogen-bond donors (Lipinski definition) is 2. The van der Waals surface area contributed by atoms with Crippen molar-refractivity contribution in [2.24, 2.45) is 0 Å². The number of aryl methyl sites for hydroxylation is 1. The summed E-state index contributed by atoms with van der Waals surface area (Å²) in [5.41, 5.74) is 4.27. The first kappa shape index (κ1) is 18.3. The number of para-hydroxylation sites is 2. The van der Waals surface area contributed by atoms with Gasteiger partial charge in [0.2, 0.25) is 5.91 Å².